The molecule has 2 rings (SSSR count). The summed E-state index contributed by atoms with van der Waals surface area (Å²) in [4.78, 5) is 12.2. The molecule has 0 aliphatic heterocycles. The summed E-state index contributed by atoms with van der Waals surface area (Å²) >= 11 is 0. The quantitative estimate of drug-likeness (QED) is 0.508. The van der Waals surface area contributed by atoms with E-state index in [0.717, 1.165) is 37.9 Å². The van der Waals surface area contributed by atoms with Gasteiger partial charge in [-0.3, -0.25) is 10.2 Å². The Morgan fingerprint density at radius 1 is 1.19 bits per heavy atom. The number of halogens is 1. The molecule has 1 aromatic carbocycles. The van der Waals surface area contributed by atoms with E-state index in [-0.39, 0.29) is 30.2 Å². The molecule has 5 N–H and O–H groups in total. The largest absolute Gasteiger partial charge is 0.370 e. The van der Waals surface area contributed by atoms with E-state index in [4.69, 9.17) is 11.1 Å². The van der Waals surface area contributed by atoms with E-state index >= 15 is 0 Å². The van der Waals surface area contributed by atoms with Gasteiger partial charge in [-0.25, -0.2) is 0 Å². The maximum Gasteiger partial charge on any atom is 0.227 e. The molecular weight excluding hydrogens is 288 g/mol. The number of rotatable bonds is 4. The highest BCUT2D eigenvalue weighted by Gasteiger charge is 2.26. The minimum atomic E-state index is 0. The molecule has 1 fully saturated rings. The molecule has 1 aromatic rings. The fraction of sp³-hybridized carbons (Fsp3) is 0.467. The summed E-state index contributed by atoms with van der Waals surface area (Å²) in [7, 11) is 0. The van der Waals surface area contributed by atoms with Crippen LogP contribution < -0.4 is 16.4 Å². The van der Waals surface area contributed by atoms with Gasteiger partial charge in [-0.2, -0.15) is 0 Å². The molecular formula is C15H23ClN4O. The third-order valence-corrected chi connectivity index (χ3v) is 3.84. The highest BCUT2D eigenvalue weighted by atomic mass is 35.5. The van der Waals surface area contributed by atoms with Crippen molar-refractivity contribution in [2.24, 2.45) is 17.6 Å². The Labute approximate surface area is 131 Å². The second-order valence-electron chi connectivity index (χ2n) is 5.37. The Balaban J connectivity index is 0.00000220. The summed E-state index contributed by atoms with van der Waals surface area (Å²) in [6.07, 6.45) is 3.83. The van der Waals surface area contributed by atoms with Crippen molar-refractivity contribution in [2.45, 2.75) is 25.7 Å². The molecule has 21 heavy (non-hydrogen) atoms. The third kappa shape index (κ3) is 5.63. The summed E-state index contributed by atoms with van der Waals surface area (Å²) in [5.41, 5.74) is 6.14. The molecule has 0 bridgehead atoms. The molecule has 1 amide bonds. The number of hydrogen-bond donors (Lipinski definition) is 4. The number of amides is 1. The normalized spacial score (nSPS) is 21.0. The highest BCUT2D eigenvalue weighted by Crippen LogP contribution is 2.29. The summed E-state index contributed by atoms with van der Waals surface area (Å²) in [6, 6.07) is 9.57. The van der Waals surface area contributed by atoms with Gasteiger partial charge in [0.05, 0.1) is 0 Å². The van der Waals surface area contributed by atoms with Crippen molar-refractivity contribution in [1.29, 1.82) is 5.41 Å². The zero-order valence-corrected chi connectivity index (χ0v) is 12.8. The summed E-state index contributed by atoms with van der Waals surface area (Å²) in [5, 5.41) is 13.0. The Hall–Kier alpha value is -1.75. The monoisotopic (exact) mass is 310 g/mol. The van der Waals surface area contributed by atoms with Gasteiger partial charge in [0, 0.05) is 18.2 Å². The van der Waals surface area contributed by atoms with Gasteiger partial charge in [0.2, 0.25) is 5.91 Å². The molecule has 0 heterocycles. The number of guanidine groups is 1. The van der Waals surface area contributed by atoms with Crippen molar-refractivity contribution in [3.63, 3.8) is 0 Å². The van der Waals surface area contributed by atoms with Crippen LogP contribution >= 0.6 is 12.4 Å². The second kappa shape index (κ2) is 8.52. The average molecular weight is 311 g/mol. The zero-order valence-electron chi connectivity index (χ0n) is 12.0. The van der Waals surface area contributed by atoms with Crippen LogP contribution in [0.3, 0.4) is 0 Å². The number of nitrogens with one attached hydrogen (secondary N) is 3. The Morgan fingerprint density at radius 3 is 2.38 bits per heavy atom. The maximum absolute atomic E-state index is 12.2. The minimum Gasteiger partial charge on any atom is -0.370 e. The lowest BCUT2D eigenvalue weighted by molar-refractivity contribution is -0.121. The van der Waals surface area contributed by atoms with Gasteiger partial charge in [-0.15, -0.1) is 12.4 Å². The minimum absolute atomic E-state index is 0. The molecule has 0 spiro atoms. The first kappa shape index (κ1) is 17.3. The first-order chi connectivity index (χ1) is 9.65. The van der Waals surface area contributed by atoms with Crippen molar-refractivity contribution in [1.82, 2.24) is 5.32 Å². The van der Waals surface area contributed by atoms with E-state index in [0.29, 0.717) is 5.92 Å². The van der Waals surface area contributed by atoms with Gasteiger partial charge >= 0.3 is 0 Å². The number of carbonyl (C=O) groups excluding carboxylic acids is 1. The Bertz CT molecular complexity index is 458. The lowest BCUT2D eigenvalue weighted by Gasteiger charge is -2.27. The topological polar surface area (TPSA) is 91.0 Å². The van der Waals surface area contributed by atoms with E-state index in [1.165, 1.54) is 0 Å². The third-order valence-electron chi connectivity index (χ3n) is 3.84. The van der Waals surface area contributed by atoms with Crippen LogP contribution in [0, 0.1) is 17.2 Å². The predicted molar refractivity (Wildman–Crippen MR) is 87.7 cm³/mol. The average Bonchev–Trinajstić information content (AvgIpc) is 2.46. The van der Waals surface area contributed by atoms with Gasteiger partial charge in [0.25, 0.3) is 0 Å². The van der Waals surface area contributed by atoms with Gasteiger partial charge in [0.1, 0.15) is 0 Å². The molecule has 1 aliphatic carbocycles. The van der Waals surface area contributed by atoms with Crippen molar-refractivity contribution in [3.8, 4) is 0 Å². The Kier molecular flexibility index (Phi) is 7.02. The first-order valence-electron chi connectivity index (χ1n) is 7.09. The van der Waals surface area contributed by atoms with Crippen LogP contribution in [-0.4, -0.2) is 18.4 Å². The second-order valence-corrected chi connectivity index (χ2v) is 5.37. The summed E-state index contributed by atoms with van der Waals surface area (Å²) in [6.45, 7) is 0.738. The molecule has 0 atom stereocenters. The summed E-state index contributed by atoms with van der Waals surface area (Å²) in [5.74, 6) is 0.756. The van der Waals surface area contributed by atoms with E-state index in [1.54, 1.807) is 0 Å². The molecule has 0 radical (unpaired) electrons. The molecule has 0 aromatic heterocycles. The molecule has 0 unspecified atom stereocenters. The fourth-order valence-corrected chi connectivity index (χ4v) is 2.65. The fourth-order valence-electron chi connectivity index (χ4n) is 2.65. The van der Waals surface area contributed by atoms with Crippen molar-refractivity contribution in [2.75, 3.05) is 11.9 Å². The van der Waals surface area contributed by atoms with Gasteiger partial charge < -0.3 is 16.4 Å². The van der Waals surface area contributed by atoms with Gasteiger partial charge in [0.15, 0.2) is 5.96 Å². The van der Waals surface area contributed by atoms with Crippen molar-refractivity contribution < 1.29 is 4.79 Å². The van der Waals surface area contributed by atoms with Gasteiger partial charge in [-0.05, 0) is 43.7 Å². The van der Waals surface area contributed by atoms with Crippen LogP contribution in [0.5, 0.6) is 0 Å². The number of para-hydroxylation sites is 1. The molecule has 0 saturated heterocycles. The Morgan fingerprint density at radius 2 is 1.81 bits per heavy atom. The van der Waals surface area contributed by atoms with E-state index in [9.17, 15) is 4.79 Å². The van der Waals surface area contributed by atoms with Gasteiger partial charge in [-0.1, -0.05) is 18.2 Å². The first-order valence-corrected chi connectivity index (χ1v) is 7.09. The maximum atomic E-state index is 12.2. The predicted octanol–water partition coefficient (Wildman–Crippen LogP) is 2.34. The summed E-state index contributed by atoms with van der Waals surface area (Å²) < 4.78 is 0. The van der Waals surface area contributed by atoms with Crippen molar-refractivity contribution in [3.05, 3.63) is 30.3 Å². The standard InChI is InChI=1S/C15H22N4O.ClH/c16-15(17)18-10-11-6-8-12(9-7-11)14(20)19-13-4-2-1-3-5-13;/h1-5,11-12H,6-10H2,(H,19,20)(H4,16,17,18);1H/t11-,12-;. The molecule has 1 aliphatic rings. The lowest BCUT2D eigenvalue weighted by Crippen LogP contribution is -2.36. The number of hydrogen-bond acceptors (Lipinski definition) is 2. The van der Waals surface area contributed by atoms with Crippen LogP contribution in [-0.2, 0) is 4.79 Å². The number of nitrogens with two attached hydrogens (primary N) is 1. The SMILES string of the molecule is Cl.N=C(N)NC[C@H]1CC[C@H](C(=O)Nc2ccccc2)CC1. The smallest absolute Gasteiger partial charge is 0.227 e. The van der Waals surface area contributed by atoms with Crippen molar-refractivity contribution >= 4 is 30.0 Å². The lowest BCUT2D eigenvalue weighted by atomic mass is 9.81. The highest BCUT2D eigenvalue weighted by molar-refractivity contribution is 5.92. The van der Waals surface area contributed by atoms with Crippen LogP contribution in [0.1, 0.15) is 25.7 Å². The molecule has 1 saturated carbocycles. The number of anilines is 1. The van der Waals surface area contributed by atoms with E-state index in [2.05, 4.69) is 10.6 Å². The van der Waals surface area contributed by atoms with Crippen LogP contribution in [0.2, 0.25) is 0 Å². The zero-order chi connectivity index (χ0) is 14.4. The molecule has 116 valence electrons. The van der Waals surface area contributed by atoms with E-state index < -0.39 is 0 Å². The number of carbonyl (C=O) groups is 1. The molecule has 5 nitrogen and oxygen atoms in total. The van der Waals surface area contributed by atoms with Crippen LogP contribution in [0.4, 0.5) is 5.69 Å². The van der Waals surface area contributed by atoms with Crippen LogP contribution in [0.25, 0.3) is 0 Å². The van der Waals surface area contributed by atoms with E-state index in [1.807, 2.05) is 30.3 Å². The molecule has 6 heteroatoms. The number of benzene rings is 1. The van der Waals surface area contributed by atoms with Crippen LogP contribution in [0.15, 0.2) is 30.3 Å².